The maximum Gasteiger partial charge on any atom is 0.335 e. The number of anilines is 5. The van der Waals surface area contributed by atoms with E-state index in [-0.39, 0.29) is 83.7 Å². The number of amides is 1. The highest BCUT2D eigenvalue weighted by Crippen LogP contribution is 2.49. The van der Waals surface area contributed by atoms with Crippen LogP contribution in [0.5, 0.6) is 0 Å². The number of azo groups is 2. The normalized spacial score (nSPS) is 11.5. The minimum Gasteiger partial charge on any atom is -0.478 e. The van der Waals surface area contributed by atoms with Gasteiger partial charge in [-0.1, -0.05) is 23.5 Å². The Balaban J connectivity index is 1.51. The second-order valence-electron chi connectivity index (χ2n) is 13.1. The van der Waals surface area contributed by atoms with Gasteiger partial charge < -0.3 is 26.2 Å². The number of aromatic nitrogens is 1. The second-order valence-corrected chi connectivity index (χ2v) is 17.0. The van der Waals surface area contributed by atoms with E-state index in [2.05, 4.69) is 47.5 Å². The van der Waals surface area contributed by atoms with Crippen LogP contribution in [0, 0.1) is 29.6 Å². The molecule has 24 heteroatoms. The van der Waals surface area contributed by atoms with Crippen LogP contribution in [-0.2, 0) is 25.0 Å². The van der Waals surface area contributed by atoms with Crippen molar-refractivity contribution in [1.29, 1.82) is 10.5 Å². The SMILES string of the molecule is CC(=O)Nc1ccc(-c2c(N=Nc3cc(C(=O)O)cc(C(=O)O)c3)sc(N=Nc3c(Nc4ccc(S(=O)(=O)O)cc4)nc(Nc4ccc(S(=O)(=O)O)cc4)c(C#N)c3C)c2C#N)cc1. The standard InChI is InChI=1S/C40H28N10O11S3/c1-20-31(18-41)35(44-26-7-11-29(12-8-26)63(56,57)58)46-36(45-27-9-13-30(14-10-27)64(59,60)61)34(20)48-49-37-32(19-42)33(22-3-5-25(6-4-22)43-21(2)51)38(62-37)50-47-28-16-23(39(52)53)15-24(17-28)40(54)55/h3-17H,1-2H3,(H,43,51)(H,52,53)(H,54,55)(H2,44,45,46)(H,56,57,58)(H,59,60,61). The van der Waals surface area contributed by atoms with Gasteiger partial charge in [0, 0.05) is 35.1 Å². The summed E-state index contributed by atoms with van der Waals surface area (Å²) in [7, 11) is -9.07. The number of carbonyl (C=O) groups is 3. The monoisotopic (exact) mass is 920 g/mol. The lowest BCUT2D eigenvalue weighted by Gasteiger charge is -2.16. The summed E-state index contributed by atoms with van der Waals surface area (Å²) in [6.45, 7) is 2.83. The molecule has 2 heterocycles. The molecule has 0 bridgehead atoms. The number of carbonyl (C=O) groups excluding carboxylic acids is 1. The highest BCUT2D eigenvalue weighted by Gasteiger charge is 2.23. The topological polar surface area (TPSA) is 346 Å². The zero-order valence-corrected chi connectivity index (χ0v) is 35.1. The van der Waals surface area contributed by atoms with Gasteiger partial charge in [0.2, 0.25) is 5.91 Å². The van der Waals surface area contributed by atoms with Crippen molar-refractivity contribution in [3.8, 4) is 23.3 Å². The quantitative estimate of drug-likeness (QED) is 0.0395. The van der Waals surface area contributed by atoms with Gasteiger partial charge in [-0.3, -0.25) is 13.9 Å². The van der Waals surface area contributed by atoms with Crippen molar-refractivity contribution >= 4 is 99.5 Å². The number of hydrogen-bond donors (Lipinski definition) is 7. The summed E-state index contributed by atoms with van der Waals surface area (Å²) >= 11 is 0.812. The van der Waals surface area contributed by atoms with Crippen LogP contribution in [0.25, 0.3) is 11.1 Å². The Morgan fingerprint density at radius 3 is 1.61 bits per heavy atom. The van der Waals surface area contributed by atoms with Crippen molar-refractivity contribution in [1.82, 2.24) is 4.98 Å². The van der Waals surface area contributed by atoms with Crippen LogP contribution in [-0.4, -0.2) is 59.0 Å². The molecule has 322 valence electrons. The van der Waals surface area contributed by atoms with E-state index in [9.17, 15) is 61.1 Å². The van der Waals surface area contributed by atoms with Crippen LogP contribution in [0.15, 0.2) is 121 Å². The molecular weight excluding hydrogens is 893 g/mol. The summed E-state index contributed by atoms with van der Waals surface area (Å²) in [6.07, 6.45) is 0. The first-order valence-corrected chi connectivity index (χ1v) is 21.5. The fourth-order valence-electron chi connectivity index (χ4n) is 5.78. The maximum absolute atomic E-state index is 11.8. The van der Waals surface area contributed by atoms with Gasteiger partial charge in [0.05, 0.1) is 32.2 Å². The number of hydrogen-bond acceptors (Lipinski definition) is 17. The van der Waals surface area contributed by atoms with Crippen molar-refractivity contribution in [3.63, 3.8) is 0 Å². The summed E-state index contributed by atoms with van der Waals surface area (Å²) in [5.41, 5.74) is 0.545. The number of carboxylic acid groups (broad SMARTS) is 2. The number of pyridine rings is 1. The first kappa shape index (κ1) is 45.3. The molecule has 0 saturated carbocycles. The summed E-state index contributed by atoms with van der Waals surface area (Å²) < 4.78 is 65.5. The molecule has 0 fully saturated rings. The highest BCUT2D eigenvalue weighted by molar-refractivity contribution is 7.86. The Hall–Kier alpha value is -8.26. The fraction of sp³-hybridized carbons (Fsp3) is 0.0500. The van der Waals surface area contributed by atoms with Gasteiger partial charge in [-0.05, 0) is 91.3 Å². The number of aromatic carboxylic acids is 2. The number of nitrogens with one attached hydrogen (secondary N) is 3. The van der Waals surface area contributed by atoms with Crippen molar-refractivity contribution in [2.24, 2.45) is 20.5 Å². The second kappa shape index (κ2) is 18.4. The van der Waals surface area contributed by atoms with Gasteiger partial charge >= 0.3 is 11.9 Å². The minimum absolute atomic E-state index is 0.0415. The van der Waals surface area contributed by atoms with Gasteiger partial charge in [0.1, 0.15) is 28.4 Å². The van der Waals surface area contributed by atoms with E-state index in [1.807, 2.05) is 6.07 Å². The molecule has 2 aromatic heterocycles. The Morgan fingerprint density at radius 2 is 1.14 bits per heavy atom. The maximum atomic E-state index is 11.8. The number of benzene rings is 4. The minimum atomic E-state index is -4.56. The number of rotatable bonds is 14. The molecule has 1 amide bonds. The van der Waals surface area contributed by atoms with E-state index >= 15 is 0 Å². The van der Waals surface area contributed by atoms with Crippen molar-refractivity contribution < 1.29 is 50.5 Å². The molecule has 7 N–H and O–H groups in total. The molecule has 0 atom stereocenters. The van der Waals surface area contributed by atoms with Gasteiger partial charge in [0.25, 0.3) is 20.2 Å². The van der Waals surface area contributed by atoms with Gasteiger partial charge in [0.15, 0.2) is 16.6 Å². The Morgan fingerprint density at radius 1 is 0.656 bits per heavy atom. The van der Waals surface area contributed by atoms with Crippen molar-refractivity contribution in [2.45, 2.75) is 23.6 Å². The number of thiophene rings is 1. The third-order valence-corrected chi connectivity index (χ3v) is 11.4. The molecule has 0 unspecified atom stereocenters. The predicted molar refractivity (Wildman–Crippen MR) is 230 cm³/mol. The smallest absolute Gasteiger partial charge is 0.335 e. The molecule has 0 saturated heterocycles. The van der Waals surface area contributed by atoms with Crippen LogP contribution in [0.4, 0.5) is 50.1 Å². The van der Waals surface area contributed by atoms with Gasteiger partial charge in [-0.15, -0.1) is 20.5 Å². The van der Waals surface area contributed by atoms with Crippen LogP contribution in [0.1, 0.15) is 44.3 Å². The first-order valence-electron chi connectivity index (χ1n) is 17.8. The van der Waals surface area contributed by atoms with E-state index < -0.39 is 42.0 Å². The van der Waals surface area contributed by atoms with E-state index in [4.69, 9.17) is 0 Å². The third-order valence-electron chi connectivity index (χ3n) is 8.74. The molecule has 21 nitrogen and oxygen atoms in total. The largest absolute Gasteiger partial charge is 0.478 e. The van der Waals surface area contributed by atoms with Crippen LogP contribution < -0.4 is 16.0 Å². The van der Waals surface area contributed by atoms with Crippen molar-refractivity contribution in [3.05, 3.63) is 119 Å². The average molecular weight is 921 g/mol. The lowest BCUT2D eigenvalue weighted by molar-refractivity contribution is -0.114. The number of nitrogens with zero attached hydrogens (tertiary/aromatic N) is 7. The predicted octanol–water partition coefficient (Wildman–Crippen LogP) is 9.03. The molecule has 0 aliphatic carbocycles. The average Bonchev–Trinajstić information content (AvgIpc) is 3.59. The van der Waals surface area contributed by atoms with E-state index in [1.165, 1.54) is 38.1 Å². The summed E-state index contributed by atoms with van der Waals surface area (Å²) in [5.74, 6) is -3.31. The molecule has 0 radical (unpaired) electrons. The zero-order chi connectivity index (χ0) is 46.5. The zero-order valence-electron chi connectivity index (χ0n) is 32.7. The highest BCUT2D eigenvalue weighted by atomic mass is 32.2. The Labute approximate surface area is 366 Å². The van der Waals surface area contributed by atoms with Crippen molar-refractivity contribution in [2.75, 3.05) is 16.0 Å². The van der Waals surface area contributed by atoms with Crippen LogP contribution in [0.2, 0.25) is 0 Å². The third kappa shape index (κ3) is 10.4. The van der Waals surface area contributed by atoms with Crippen LogP contribution >= 0.6 is 11.3 Å². The molecular formula is C40H28N10O11S3. The van der Waals surface area contributed by atoms with E-state index in [0.717, 1.165) is 53.8 Å². The van der Waals surface area contributed by atoms with Gasteiger partial charge in [-0.2, -0.15) is 27.4 Å². The Kier molecular flexibility index (Phi) is 13.0. The van der Waals surface area contributed by atoms with Gasteiger partial charge in [-0.25, -0.2) is 14.6 Å². The fourth-order valence-corrected chi connectivity index (χ4v) is 7.66. The molecule has 6 aromatic rings. The lowest BCUT2D eigenvalue weighted by atomic mass is 10.0. The Bertz CT molecular complexity index is 3220. The van der Waals surface area contributed by atoms with E-state index in [0.29, 0.717) is 11.3 Å². The molecule has 0 aliphatic rings. The molecule has 64 heavy (non-hydrogen) atoms. The molecule has 6 rings (SSSR count). The summed E-state index contributed by atoms with van der Waals surface area (Å²) in [5, 5.41) is 65.7. The summed E-state index contributed by atoms with van der Waals surface area (Å²) in [4.78, 5) is 38.9. The summed E-state index contributed by atoms with van der Waals surface area (Å²) in [6, 6.07) is 23.2. The lowest BCUT2D eigenvalue weighted by Crippen LogP contribution is -2.05. The number of nitriles is 2. The van der Waals surface area contributed by atoms with E-state index in [1.54, 1.807) is 24.3 Å². The molecule has 4 aromatic carbocycles. The number of carboxylic acids is 2. The molecule has 0 aliphatic heterocycles. The molecule has 0 spiro atoms. The van der Waals surface area contributed by atoms with Crippen LogP contribution in [0.3, 0.4) is 0 Å². The first-order chi connectivity index (χ1) is 30.2.